The third-order valence-electron chi connectivity index (χ3n) is 4.25. The number of aliphatic hydroxyl groups excluding tert-OH is 1. The average Bonchev–Trinajstić information content (AvgIpc) is 2.29. The van der Waals surface area contributed by atoms with Crippen LogP contribution in [0, 0.1) is 17.8 Å². The summed E-state index contributed by atoms with van der Waals surface area (Å²) in [6, 6.07) is 0. The van der Waals surface area contributed by atoms with Crippen LogP contribution in [-0.4, -0.2) is 11.2 Å². The van der Waals surface area contributed by atoms with Gasteiger partial charge in [-0.2, -0.15) is 0 Å². The second-order valence-electron chi connectivity index (χ2n) is 5.57. The van der Waals surface area contributed by atoms with E-state index in [1.165, 1.54) is 38.5 Å². The molecule has 1 heteroatoms. The van der Waals surface area contributed by atoms with E-state index in [2.05, 4.69) is 19.1 Å². The van der Waals surface area contributed by atoms with E-state index in [1.54, 1.807) is 0 Å². The molecule has 4 unspecified atom stereocenters. The Bertz CT molecular complexity index is 221. The van der Waals surface area contributed by atoms with Crippen molar-refractivity contribution >= 4 is 0 Å². The summed E-state index contributed by atoms with van der Waals surface area (Å²) < 4.78 is 0. The zero-order valence-electron chi connectivity index (χ0n) is 9.86. The fourth-order valence-electron chi connectivity index (χ4n) is 3.30. The van der Waals surface area contributed by atoms with Crippen LogP contribution >= 0.6 is 0 Å². The first-order valence-electron chi connectivity index (χ1n) is 6.60. The van der Waals surface area contributed by atoms with Crippen molar-refractivity contribution in [1.82, 2.24) is 0 Å². The summed E-state index contributed by atoms with van der Waals surface area (Å²) in [4.78, 5) is 0. The van der Waals surface area contributed by atoms with E-state index in [1.807, 2.05) is 0 Å². The molecule has 0 bridgehead atoms. The first-order valence-corrected chi connectivity index (χ1v) is 6.60. The predicted octanol–water partition coefficient (Wildman–Crippen LogP) is 3.53. The van der Waals surface area contributed by atoms with E-state index in [9.17, 15) is 5.11 Å². The van der Waals surface area contributed by atoms with Crippen LogP contribution in [0.4, 0.5) is 0 Å². The fourth-order valence-corrected chi connectivity index (χ4v) is 3.30. The Morgan fingerprint density at radius 3 is 2.67 bits per heavy atom. The SMILES string of the molecule is CC1CCCC(C(O)C2CC=CCC2)C1. The van der Waals surface area contributed by atoms with Gasteiger partial charge in [-0.3, -0.25) is 0 Å². The number of allylic oxidation sites excluding steroid dienone is 2. The van der Waals surface area contributed by atoms with Crippen LogP contribution < -0.4 is 0 Å². The maximum absolute atomic E-state index is 10.4. The van der Waals surface area contributed by atoms with Crippen LogP contribution in [0.1, 0.15) is 51.9 Å². The van der Waals surface area contributed by atoms with Crippen molar-refractivity contribution in [3.8, 4) is 0 Å². The molecule has 1 saturated carbocycles. The van der Waals surface area contributed by atoms with Crippen molar-refractivity contribution in [3.63, 3.8) is 0 Å². The second kappa shape index (κ2) is 5.16. The van der Waals surface area contributed by atoms with Crippen molar-refractivity contribution in [2.24, 2.45) is 17.8 Å². The van der Waals surface area contributed by atoms with Crippen LogP contribution in [0.15, 0.2) is 12.2 Å². The Morgan fingerprint density at radius 1 is 1.13 bits per heavy atom. The van der Waals surface area contributed by atoms with Crippen LogP contribution in [0.3, 0.4) is 0 Å². The third-order valence-corrected chi connectivity index (χ3v) is 4.25. The lowest BCUT2D eigenvalue weighted by molar-refractivity contribution is 0.0208. The van der Waals surface area contributed by atoms with Crippen molar-refractivity contribution in [3.05, 3.63) is 12.2 Å². The van der Waals surface area contributed by atoms with E-state index in [0.717, 1.165) is 12.3 Å². The molecule has 2 rings (SSSR count). The van der Waals surface area contributed by atoms with Crippen molar-refractivity contribution in [2.75, 3.05) is 0 Å². The molecule has 0 saturated heterocycles. The lowest BCUT2D eigenvalue weighted by Crippen LogP contribution is -2.32. The first-order chi connectivity index (χ1) is 7.27. The molecule has 15 heavy (non-hydrogen) atoms. The molecule has 0 radical (unpaired) electrons. The minimum absolute atomic E-state index is 0.0299. The van der Waals surface area contributed by atoms with E-state index in [4.69, 9.17) is 0 Å². The van der Waals surface area contributed by atoms with Crippen LogP contribution in [0.25, 0.3) is 0 Å². The molecule has 0 amide bonds. The predicted molar refractivity (Wildman–Crippen MR) is 63.6 cm³/mol. The molecular weight excluding hydrogens is 184 g/mol. The summed E-state index contributed by atoms with van der Waals surface area (Å²) in [5, 5.41) is 10.4. The molecule has 0 aromatic rings. The Balaban J connectivity index is 1.88. The highest BCUT2D eigenvalue weighted by atomic mass is 16.3. The fraction of sp³-hybridized carbons (Fsp3) is 0.857. The van der Waals surface area contributed by atoms with Gasteiger partial charge in [-0.1, -0.05) is 31.9 Å². The van der Waals surface area contributed by atoms with Gasteiger partial charge in [0.25, 0.3) is 0 Å². The molecule has 0 heterocycles. The molecule has 86 valence electrons. The lowest BCUT2D eigenvalue weighted by Gasteiger charge is -2.35. The van der Waals surface area contributed by atoms with Crippen molar-refractivity contribution in [2.45, 2.75) is 58.0 Å². The summed E-state index contributed by atoms with van der Waals surface area (Å²) >= 11 is 0. The molecule has 2 aliphatic rings. The standard InChI is InChI=1S/C14H24O/c1-11-6-5-9-13(10-11)14(15)12-7-3-2-4-8-12/h2-3,11-15H,4-10H2,1H3. The summed E-state index contributed by atoms with van der Waals surface area (Å²) in [6.45, 7) is 2.33. The summed E-state index contributed by atoms with van der Waals surface area (Å²) in [5.41, 5.74) is 0. The second-order valence-corrected chi connectivity index (χ2v) is 5.57. The van der Waals surface area contributed by atoms with Gasteiger partial charge in [-0.25, -0.2) is 0 Å². The van der Waals surface area contributed by atoms with Gasteiger partial charge in [0, 0.05) is 0 Å². The highest BCUT2D eigenvalue weighted by Crippen LogP contribution is 2.36. The minimum Gasteiger partial charge on any atom is -0.393 e. The molecule has 0 spiro atoms. The maximum atomic E-state index is 10.4. The Kier molecular flexibility index (Phi) is 3.85. The van der Waals surface area contributed by atoms with Crippen LogP contribution in [0.2, 0.25) is 0 Å². The van der Waals surface area contributed by atoms with E-state index in [0.29, 0.717) is 11.8 Å². The van der Waals surface area contributed by atoms with Gasteiger partial charge < -0.3 is 5.11 Å². The monoisotopic (exact) mass is 208 g/mol. The zero-order valence-corrected chi connectivity index (χ0v) is 9.86. The molecule has 1 N–H and O–H groups in total. The maximum Gasteiger partial charge on any atom is 0.0599 e. The van der Waals surface area contributed by atoms with Crippen molar-refractivity contribution < 1.29 is 5.11 Å². The van der Waals surface area contributed by atoms with Crippen molar-refractivity contribution in [1.29, 1.82) is 0 Å². The third kappa shape index (κ3) is 2.84. The minimum atomic E-state index is -0.0299. The molecular formula is C14H24O. The Hall–Kier alpha value is -0.300. The molecule has 0 aromatic heterocycles. The number of aliphatic hydroxyl groups is 1. The molecule has 1 fully saturated rings. The smallest absolute Gasteiger partial charge is 0.0599 e. The zero-order chi connectivity index (χ0) is 10.7. The van der Waals surface area contributed by atoms with Gasteiger partial charge in [0.2, 0.25) is 0 Å². The largest absolute Gasteiger partial charge is 0.393 e. The lowest BCUT2D eigenvalue weighted by atomic mass is 9.74. The summed E-state index contributed by atoms with van der Waals surface area (Å²) in [6.07, 6.45) is 13.2. The molecule has 1 nitrogen and oxygen atoms in total. The Morgan fingerprint density at radius 2 is 2.00 bits per heavy atom. The highest BCUT2D eigenvalue weighted by Gasteiger charge is 2.30. The molecule has 0 aromatic carbocycles. The van der Waals surface area contributed by atoms with Gasteiger partial charge in [0.15, 0.2) is 0 Å². The molecule has 2 aliphatic carbocycles. The van der Waals surface area contributed by atoms with E-state index in [-0.39, 0.29) is 6.10 Å². The van der Waals surface area contributed by atoms with Gasteiger partial charge in [0.05, 0.1) is 6.10 Å². The molecule has 0 aliphatic heterocycles. The molecule has 4 atom stereocenters. The quantitative estimate of drug-likeness (QED) is 0.688. The van der Waals surface area contributed by atoms with E-state index >= 15 is 0 Å². The number of hydrogen-bond donors (Lipinski definition) is 1. The van der Waals surface area contributed by atoms with E-state index < -0.39 is 0 Å². The number of rotatable bonds is 2. The highest BCUT2D eigenvalue weighted by molar-refractivity contribution is 4.94. The van der Waals surface area contributed by atoms with Crippen LogP contribution in [0.5, 0.6) is 0 Å². The Labute approximate surface area is 93.6 Å². The first kappa shape index (κ1) is 11.2. The normalized spacial score (nSPS) is 38.9. The van der Waals surface area contributed by atoms with Gasteiger partial charge >= 0.3 is 0 Å². The average molecular weight is 208 g/mol. The van der Waals surface area contributed by atoms with Crippen LogP contribution in [-0.2, 0) is 0 Å². The summed E-state index contributed by atoms with van der Waals surface area (Å²) in [5.74, 6) is 1.97. The topological polar surface area (TPSA) is 20.2 Å². The number of hydrogen-bond acceptors (Lipinski definition) is 1. The van der Waals surface area contributed by atoms with Gasteiger partial charge in [0.1, 0.15) is 0 Å². The summed E-state index contributed by atoms with van der Waals surface area (Å²) in [7, 11) is 0. The van der Waals surface area contributed by atoms with Gasteiger partial charge in [-0.05, 0) is 49.9 Å². The van der Waals surface area contributed by atoms with Gasteiger partial charge in [-0.15, -0.1) is 0 Å².